The van der Waals surface area contributed by atoms with Gasteiger partial charge in [-0.15, -0.1) is 10.4 Å². The molecule has 0 fully saturated rings. The molecule has 0 aliphatic heterocycles. The number of hydrogen-bond donors (Lipinski definition) is 1. The van der Waals surface area contributed by atoms with Crippen LogP contribution in [0.3, 0.4) is 0 Å². The van der Waals surface area contributed by atoms with Crippen molar-refractivity contribution in [3.8, 4) is 0 Å². The van der Waals surface area contributed by atoms with E-state index in [0.29, 0.717) is 0 Å². The van der Waals surface area contributed by atoms with Crippen LogP contribution in [0, 0.1) is 10.1 Å². The number of nitrogens with one attached hydrogen (secondary N) is 1. The fraction of sp³-hybridized carbons (Fsp3) is 0. The van der Waals surface area contributed by atoms with Crippen LogP contribution < -0.4 is 5.43 Å². The van der Waals surface area contributed by atoms with Gasteiger partial charge in [-0.1, -0.05) is 12.1 Å². The first kappa shape index (κ1) is 9.52. The zero-order valence-electron chi connectivity index (χ0n) is 8.34. The molecule has 3 aromatic rings. The second-order valence-corrected chi connectivity index (χ2v) is 3.46. The predicted molar refractivity (Wildman–Crippen MR) is 58.8 cm³/mol. The smallest absolute Gasteiger partial charge is 0.294 e. The number of benzene rings is 1. The van der Waals surface area contributed by atoms with E-state index in [1.807, 2.05) is 0 Å². The van der Waals surface area contributed by atoms with Gasteiger partial charge in [0, 0.05) is 0 Å². The largest absolute Gasteiger partial charge is 0.364 e. The van der Waals surface area contributed by atoms with Crippen molar-refractivity contribution in [3.05, 3.63) is 44.6 Å². The second kappa shape index (κ2) is 3.14. The number of para-hydroxylation sites is 1. The number of aromatic nitrogens is 2. The van der Waals surface area contributed by atoms with Gasteiger partial charge in [0.1, 0.15) is 5.39 Å². The lowest BCUT2D eigenvalue weighted by atomic mass is 10.2. The number of nitro groups is 1. The maximum Gasteiger partial charge on any atom is 0.294 e. The molecule has 0 radical (unpaired) electrons. The molecule has 1 heterocycles. The van der Waals surface area contributed by atoms with E-state index >= 15 is 0 Å². The number of rotatable bonds is 1. The maximum atomic E-state index is 11.4. The normalized spacial score (nSPS) is 11.1. The van der Waals surface area contributed by atoms with E-state index in [4.69, 9.17) is 4.52 Å². The van der Waals surface area contributed by atoms with Crippen LogP contribution in [0.4, 0.5) is 5.69 Å². The van der Waals surface area contributed by atoms with E-state index in [0.717, 1.165) is 0 Å². The minimum Gasteiger partial charge on any atom is -0.364 e. The SMILES string of the molecule is O=c1c2n[nH]oc3ccccc3c([N+](=O)[O-])c12. The molecule has 3 rings (SSSR count). The maximum absolute atomic E-state index is 11.4. The Kier molecular flexibility index (Phi) is 1.76. The van der Waals surface area contributed by atoms with Crippen molar-refractivity contribution in [2.24, 2.45) is 0 Å². The van der Waals surface area contributed by atoms with Crippen molar-refractivity contribution in [2.45, 2.75) is 0 Å². The second-order valence-electron chi connectivity index (χ2n) is 3.46. The third-order valence-electron chi connectivity index (χ3n) is 2.49. The Labute approximate surface area is 92.8 Å². The average Bonchev–Trinajstić information content (AvgIpc) is 2.88. The summed E-state index contributed by atoms with van der Waals surface area (Å²) in [7, 11) is 0. The lowest BCUT2D eigenvalue weighted by molar-refractivity contribution is -0.381. The van der Waals surface area contributed by atoms with Gasteiger partial charge in [0.25, 0.3) is 5.69 Å². The first-order valence-electron chi connectivity index (χ1n) is 4.73. The van der Waals surface area contributed by atoms with E-state index in [-0.39, 0.29) is 27.6 Å². The summed E-state index contributed by atoms with van der Waals surface area (Å²) in [6, 6.07) is 6.39. The molecule has 17 heavy (non-hydrogen) atoms. The van der Waals surface area contributed by atoms with Crippen LogP contribution in [0.25, 0.3) is 21.9 Å². The van der Waals surface area contributed by atoms with Crippen LogP contribution >= 0.6 is 0 Å². The van der Waals surface area contributed by atoms with Crippen LogP contribution in [-0.2, 0) is 0 Å². The fourth-order valence-corrected chi connectivity index (χ4v) is 1.68. The molecule has 0 bridgehead atoms. The number of H-pyrrole nitrogens is 1. The number of fused-ring (bicyclic) bond motifs is 2. The molecule has 0 spiro atoms. The molecular formula is C10H5N3O4. The van der Waals surface area contributed by atoms with Gasteiger partial charge >= 0.3 is 0 Å². The molecule has 0 aliphatic rings. The van der Waals surface area contributed by atoms with Crippen LogP contribution in [0.1, 0.15) is 0 Å². The van der Waals surface area contributed by atoms with Crippen molar-refractivity contribution in [1.82, 2.24) is 10.4 Å². The van der Waals surface area contributed by atoms with E-state index in [9.17, 15) is 14.9 Å². The Morgan fingerprint density at radius 1 is 1.35 bits per heavy atom. The molecule has 1 N–H and O–H groups in total. The van der Waals surface area contributed by atoms with E-state index in [1.165, 1.54) is 6.07 Å². The summed E-state index contributed by atoms with van der Waals surface area (Å²) < 4.78 is 5.03. The van der Waals surface area contributed by atoms with Crippen molar-refractivity contribution >= 4 is 27.6 Å². The minimum atomic E-state index is -0.594. The molecule has 0 unspecified atom stereocenters. The van der Waals surface area contributed by atoms with Gasteiger partial charge in [-0.25, -0.2) is 0 Å². The molecule has 0 saturated carbocycles. The molecule has 0 amide bonds. The first-order valence-corrected chi connectivity index (χ1v) is 4.73. The summed E-state index contributed by atoms with van der Waals surface area (Å²) >= 11 is 0. The number of aromatic amines is 1. The fourth-order valence-electron chi connectivity index (χ4n) is 1.68. The van der Waals surface area contributed by atoms with Gasteiger partial charge in [-0.3, -0.25) is 14.9 Å². The third-order valence-corrected chi connectivity index (χ3v) is 2.49. The standard InChI is InChI=1S/C10H5N3O4/c14-10-7-8(10)11-12-17-6-4-2-1-3-5(6)9(7)13(15)16/h1-4,12H. The molecule has 7 nitrogen and oxygen atoms in total. The molecular weight excluding hydrogens is 226 g/mol. The molecule has 0 saturated heterocycles. The predicted octanol–water partition coefficient (Wildman–Crippen LogP) is 1.58. The lowest BCUT2D eigenvalue weighted by Crippen LogP contribution is -1.88. The first-order chi connectivity index (χ1) is 8.20. The quantitative estimate of drug-likeness (QED) is 0.505. The highest BCUT2D eigenvalue weighted by atomic mass is 16.6. The Bertz CT molecular complexity index is 802. The molecule has 1 aromatic heterocycles. The van der Waals surface area contributed by atoms with Crippen molar-refractivity contribution in [3.63, 3.8) is 0 Å². The molecule has 7 heteroatoms. The summed E-state index contributed by atoms with van der Waals surface area (Å²) in [5.41, 5.74) is -0.379. The number of nitrogens with zero attached hydrogens (tertiary/aromatic N) is 2. The van der Waals surface area contributed by atoms with Gasteiger partial charge in [0.15, 0.2) is 11.1 Å². The highest BCUT2D eigenvalue weighted by molar-refractivity contribution is 6.07. The number of hydrogen-bond acceptors (Lipinski definition) is 5. The van der Waals surface area contributed by atoms with Crippen LogP contribution in [0.15, 0.2) is 33.6 Å². The van der Waals surface area contributed by atoms with Crippen molar-refractivity contribution in [1.29, 1.82) is 0 Å². The Hall–Kier alpha value is -2.70. The van der Waals surface area contributed by atoms with Crippen molar-refractivity contribution in [2.75, 3.05) is 0 Å². The summed E-state index contributed by atoms with van der Waals surface area (Å²) in [6.07, 6.45) is 0. The summed E-state index contributed by atoms with van der Waals surface area (Å²) in [6.45, 7) is 0. The minimum absolute atomic E-state index is 0.0400. The highest BCUT2D eigenvalue weighted by Gasteiger charge is 2.27. The van der Waals surface area contributed by atoms with E-state index < -0.39 is 10.4 Å². The topological polar surface area (TPSA) is 102 Å². The van der Waals surface area contributed by atoms with E-state index in [2.05, 4.69) is 10.4 Å². The monoisotopic (exact) mass is 231 g/mol. The highest BCUT2D eigenvalue weighted by Crippen LogP contribution is 2.30. The van der Waals surface area contributed by atoms with Crippen molar-refractivity contribution < 1.29 is 9.45 Å². The third kappa shape index (κ3) is 1.29. The zero-order chi connectivity index (χ0) is 12.0. The molecule has 2 aromatic carbocycles. The lowest BCUT2D eigenvalue weighted by Gasteiger charge is -1.93. The Morgan fingerprint density at radius 2 is 2.12 bits per heavy atom. The summed E-state index contributed by atoms with van der Waals surface area (Å²) in [5.74, 6) is 0. The molecule has 0 aliphatic carbocycles. The molecule has 84 valence electrons. The van der Waals surface area contributed by atoms with Gasteiger partial charge in [0.05, 0.1) is 10.3 Å². The summed E-state index contributed by atoms with van der Waals surface area (Å²) in [4.78, 5) is 21.8. The molecule has 0 atom stereocenters. The van der Waals surface area contributed by atoms with E-state index in [1.54, 1.807) is 18.2 Å². The van der Waals surface area contributed by atoms with Gasteiger partial charge in [-0.2, -0.15) is 0 Å². The van der Waals surface area contributed by atoms with Gasteiger partial charge in [0.2, 0.25) is 5.43 Å². The summed E-state index contributed by atoms with van der Waals surface area (Å²) in [5, 5.41) is 17.2. The van der Waals surface area contributed by atoms with Crippen LogP contribution in [-0.4, -0.2) is 15.3 Å². The van der Waals surface area contributed by atoms with Crippen LogP contribution in [0.5, 0.6) is 0 Å². The Balaban J connectivity index is 2.62. The van der Waals surface area contributed by atoms with Gasteiger partial charge < -0.3 is 4.52 Å². The zero-order valence-corrected chi connectivity index (χ0v) is 8.34. The van der Waals surface area contributed by atoms with Gasteiger partial charge in [-0.05, 0) is 12.1 Å². The van der Waals surface area contributed by atoms with Crippen LogP contribution in [0.2, 0.25) is 0 Å². The average molecular weight is 231 g/mol. The Morgan fingerprint density at radius 3 is 2.88 bits per heavy atom.